The highest BCUT2D eigenvalue weighted by molar-refractivity contribution is 6.01. The fourth-order valence-electron chi connectivity index (χ4n) is 1.75. The van der Waals surface area contributed by atoms with Crippen molar-refractivity contribution in [1.82, 2.24) is 0 Å². The normalized spacial score (nSPS) is 10.3. The Morgan fingerprint density at radius 3 is 2.48 bits per heavy atom. The number of amides is 1. The minimum Gasteiger partial charge on any atom is -0.463 e. The van der Waals surface area contributed by atoms with Crippen LogP contribution in [0.15, 0.2) is 6.07 Å². The first-order chi connectivity index (χ1) is 11.0. The maximum absolute atomic E-state index is 14.2. The summed E-state index contributed by atoms with van der Waals surface area (Å²) in [5, 5.41) is 0.473. The van der Waals surface area contributed by atoms with E-state index in [1.54, 1.807) is 6.92 Å². The van der Waals surface area contributed by atoms with E-state index in [1.807, 2.05) is 0 Å². The number of nitrogens with zero attached hydrogens (tertiary/aromatic N) is 1. The fourth-order valence-corrected chi connectivity index (χ4v) is 1.75. The van der Waals surface area contributed by atoms with Gasteiger partial charge in [0.05, 0.1) is 13.2 Å². The SMILES string of the molecule is CCOC(=O)c1c(OCOC)c(F)cc(F)c1N(C=O)OCC. The van der Waals surface area contributed by atoms with Crippen molar-refractivity contribution >= 4 is 18.1 Å². The molecular weight excluding hydrogens is 316 g/mol. The molecule has 7 nitrogen and oxygen atoms in total. The molecule has 1 rings (SSSR count). The summed E-state index contributed by atoms with van der Waals surface area (Å²) in [5.41, 5.74) is -1.21. The molecule has 0 atom stereocenters. The zero-order chi connectivity index (χ0) is 17.4. The molecule has 9 heteroatoms. The Balaban J connectivity index is 3.57. The monoisotopic (exact) mass is 333 g/mol. The van der Waals surface area contributed by atoms with Crippen LogP contribution in [0.3, 0.4) is 0 Å². The lowest BCUT2D eigenvalue weighted by atomic mass is 10.1. The predicted octanol–water partition coefficient (Wildman–Crippen LogP) is 2.04. The van der Waals surface area contributed by atoms with Gasteiger partial charge in [-0.2, -0.15) is 5.06 Å². The molecule has 1 amide bonds. The van der Waals surface area contributed by atoms with Gasteiger partial charge in [-0.1, -0.05) is 0 Å². The molecule has 0 aliphatic heterocycles. The molecule has 1 aromatic rings. The molecule has 0 spiro atoms. The maximum atomic E-state index is 14.2. The van der Waals surface area contributed by atoms with Crippen LogP contribution in [0.1, 0.15) is 24.2 Å². The zero-order valence-electron chi connectivity index (χ0n) is 12.9. The van der Waals surface area contributed by atoms with Crippen molar-refractivity contribution in [2.24, 2.45) is 0 Å². The standard InChI is InChI=1S/C14H17F2NO6/c1-4-21-14(19)11-12(17(7-18)23-5-2)9(15)6-10(16)13(11)22-8-20-3/h6-7H,4-5,8H2,1-3H3. The number of rotatable bonds is 9. The number of halogens is 2. The van der Waals surface area contributed by atoms with Gasteiger partial charge in [0.25, 0.3) is 0 Å². The highest BCUT2D eigenvalue weighted by Gasteiger charge is 2.30. The summed E-state index contributed by atoms with van der Waals surface area (Å²) >= 11 is 0. The number of benzene rings is 1. The van der Waals surface area contributed by atoms with Crippen LogP contribution >= 0.6 is 0 Å². The maximum Gasteiger partial charge on any atom is 0.344 e. The molecule has 0 N–H and O–H groups in total. The molecule has 1 aromatic carbocycles. The smallest absolute Gasteiger partial charge is 0.344 e. The van der Waals surface area contributed by atoms with Crippen LogP contribution in [0.4, 0.5) is 14.5 Å². The Hall–Kier alpha value is -2.26. The summed E-state index contributed by atoms with van der Waals surface area (Å²) in [5.74, 6) is -4.00. The van der Waals surface area contributed by atoms with E-state index in [2.05, 4.69) is 4.74 Å². The third-order valence-corrected chi connectivity index (χ3v) is 2.55. The van der Waals surface area contributed by atoms with Crippen molar-refractivity contribution in [3.8, 4) is 5.75 Å². The van der Waals surface area contributed by atoms with E-state index in [0.29, 0.717) is 11.1 Å². The number of ether oxygens (including phenoxy) is 3. The summed E-state index contributed by atoms with van der Waals surface area (Å²) in [4.78, 5) is 28.2. The Kier molecular flexibility index (Phi) is 7.36. The molecular formula is C14H17F2NO6. The molecule has 0 unspecified atom stereocenters. The Morgan fingerprint density at radius 2 is 1.96 bits per heavy atom. The van der Waals surface area contributed by atoms with Crippen molar-refractivity contribution in [3.05, 3.63) is 23.3 Å². The van der Waals surface area contributed by atoms with Gasteiger partial charge in [-0.25, -0.2) is 13.6 Å². The second kappa shape index (κ2) is 9.01. The molecule has 0 bridgehead atoms. The first-order valence-corrected chi connectivity index (χ1v) is 6.69. The van der Waals surface area contributed by atoms with Gasteiger partial charge in [0.15, 0.2) is 24.2 Å². The van der Waals surface area contributed by atoms with Gasteiger partial charge in [-0.3, -0.25) is 9.63 Å². The van der Waals surface area contributed by atoms with E-state index < -0.39 is 41.4 Å². The van der Waals surface area contributed by atoms with Crippen LogP contribution in [-0.2, 0) is 19.1 Å². The van der Waals surface area contributed by atoms with Crippen molar-refractivity contribution in [2.75, 3.05) is 32.2 Å². The molecule has 0 saturated carbocycles. The van der Waals surface area contributed by atoms with Crippen molar-refractivity contribution < 1.29 is 37.4 Å². The van der Waals surface area contributed by atoms with E-state index in [4.69, 9.17) is 14.3 Å². The highest BCUT2D eigenvalue weighted by Crippen LogP contribution is 2.35. The molecule has 0 heterocycles. The van der Waals surface area contributed by atoms with Crippen LogP contribution in [0.5, 0.6) is 5.75 Å². The fraction of sp³-hybridized carbons (Fsp3) is 0.429. The number of hydrogen-bond acceptors (Lipinski definition) is 6. The number of carbonyl (C=O) groups is 2. The molecule has 0 aliphatic carbocycles. The third-order valence-electron chi connectivity index (χ3n) is 2.55. The van der Waals surface area contributed by atoms with E-state index in [9.17, 15) is 18.4 Å². The molecule has 0 saturated heterocycles. The minimum atomic E-state index is -1.18. The Morgan fingerprint density at radius 1 is 1.26 bits per heavy atom. The van der Waals surface area contributed by atoms with Crippen molar-refractivity contribution in [1.29, 1.82) is 0 Å². The molecule has 0 radical (unpaired) electrons. The second-order valence-corrected chi connectivity index (χ2v) is 4.01. The number of hydroxylamine groups is 1. The topological polar surface area (TPSA) is 74.3 Å². The van der Waals surface area contributed by atoms with Gasteiger partial charge in [0.2, 0.25) is 6.41 Å². The summed E-state index contributed by atoms with van der Waals surface area (Å²) in [6, 6.07) is 0.471. The predicted molar refractivity (Wildman–Crippen MR) is 75.0 cm³/mol. The summed E-state index contributed by atoms with van der Waals surface area (Å²) in [6.07, 6.45) is 0.142. The second-order valence-electron chi connectivity index (χ2n) is 4.01. The average molecular weight is 333 g/mol. The van der Waals surface area contributed by atoms with Gasteiger partial charge in [0, 0.05) is 13.2 Å². The lowest BCUT2D eigenvalue weighted by Crippen LogP contribution is -2.26. The average Bonchev–Trinajstić information content (AvgIpc) is 2.52. The molecule has 0 fully saturated rings. The van der Waals surface area contributed by atoms with Crippen molar-refractivity contribution in [2.45, 2.75) is 13.8 Å². The zero-order valence-corrected chi connectivity index (χ0v) is 12.9. The Labute approximate surface area is 131 Å². The summed E-state index contributed by atoms with van der Waals surface area (Å²) in [7, 11) is 1.28. The van der Waals surface area contributed by atoms with Crippen LogP contribution in [-0.4, -0.2) is 39.5 Å². The summed E-state index contributed by atoms with van der Waals surface area (Å²) in [6.45, 7) is 2.62. The quantitative estimate of drug-likeness (QED) is 0.298. The number of hydrogen-bond donors (Lipinski definition) is 0. The largest absolute Gasteiger partial charge is 0.463 e. The van der Waals surface area contributed by atoms with E-state index in [1.165, 1.54) is 14.0 Å². The van der Waals surface area contributed by atoms with Crippen molar-refractivity contribution in [3.63, 3.8) is 0 Å². The third kappa shape index (κ3) is 4.36. The summed E-state index contributed by atoms with van der Waals surface area (Å²) < 4.78 is 42.6. The van der Waals surface area contributed by atoms with E-state index in [0.717, 1.165) is 0 Å². The van der Waals surface area contributed by atoms with Crippen LogP contribution in [0.2, 0.25) is 0 Å². The minimum absolute atomic E-state index is 0.00604. The molecule has 23 heavy (non-hydrogen) atoms. The number of esters is 1. The molecule has 0 aromatic heterocycles. The Bertz CT molecular complexity index is 567. The van der Waals surface area contributed by atoms with Crippen LogP contribution < -0.4 is 9.80 Å². The highest BCUT2D eigenvalue weighted by atomic mass is 19.1. The molecule has 128 valence electrons. The number of methoxy groups -OCH3 is 1. The first kappa shape index (κ1) is 18.8. The van der Waals surface area contributed by atoms with Crippen LogP contribution in [0, 0.1) is 11.6 Å². The lowest BCUT2D eigenvalue weighted by Gasteiger charge is -2.21. The van der Waals surface area contributed by atoms with Gasteiger partial charge in [0.1, 0.15) is 11.3 Å². The first-order valence-electron chi connectivity index (χ1n) is 6.69. The van der Waals surface area contributed by atoms with Gasteiger partial charge in [-0.15, -0.1) is 0 Å². The van der Waals surface area contributed by atoms with Gasteiger partial charge in [-0.05, 0) is 13.8 Å². The van der Waals surface area contributed by atoms with Gasteiger partial charge >= 0.3 is 5.97 Å². The van der Waals surface area contributed by atoms with E-state index >= 15 is 0 Å². The molecule has 0 aliphatic rings. The van der Waals surface area contributed by atoms with Crippen LogP contribution in [0.25, 0.3) is 0 Å². The number of anilines is 1. The number of carbonyl (C=O) groups excluding carboxylic acids is 2. The van der Waals surface area contributed by atoms with Gasteiger partial charge < -0.3 is 14.2 Å². The lowest BCUT2D eigenvalue weighted by molar-refractivity contribution is -0.113. The van der Waals surface area contributed by atoms with E-state index in [-0.39, 0.29) is 19.6 Å².